The Morgan fingerprint density at radius 3 is 2.90 bits per heavy atom. The van der Waals surface area contributed by atoms with E-state index >= 15 is 0 Å². The van der Waals surface area contributed by atoms with Crippen LogP contribution in [0.2, 0.25) is 0 Å². The molecule has 2 aromatic rings. The van der Waals surface area contributed by atoms with Gasteiger partial charge in [-0.2, -0.15) is 0 Å². The third-order valence-corrected chi connectivity index (χ3v) is 4.84. The van der Waals surface area contributed by atoms with Crippen LogP contribution in [-0.4, -0.2) is 38.6 Å². The molecule has 106 valence electrons. The lowest BCUT2D eigenvalue weighted by molar-refractivity contribution is 0.314. The summed E-state index contributed by atoms with van der Waals surface area (Å²) in [6.45, 7) is 4.41. The molecule has 1 atom stereocenters. The van der Waals surface area contributed by atoms with Crippen molar-refractivity contribution < 1.29 is 0 Å². The highest BCUT2D eigenvalue weighted by Gasteiger charge is 2.36. The summed E-state index contributed by atoms with van der Waals surface area (Å²) in [5, 5.41) is 0. The molecular formula is C15H19ClN4. The van der Waals surface area contributed by atoms with Crippen molar-refractivity contribution in [1.82, 2.24) is 19.4 Å². The van der Waals surface area contributed by atoms with Gasteiger partial charge in [-0.15, -0.1) is 11.6 Å². The Bertz CT molecular complexity index is 647. The second kappa shape index (κ2) is 4.71. The third-order valence-electron chi connectivity index (χ3n) is 4.60. The number of hydrogen-bond acceptors (Lipinski definition) is 3. The standard InChI is InChI=1S/C15H19ClN4/c1-10-4-6-17-15-14(10)18-13(8-16)20(15)12-5-7-19(9-12)11-2-3-11/h4,6,11-12H,2-3,5,7-9H2,1H3. The summed E-state index contributed by atoms with van der Waals surface area (Å²) >= 11 is 6.12. The Morgan fingerprint density at radius 2 is 2.15 bits per heavy atom. The Hall–Kier alpha value is -1.13. The van der Waals surface area contributed by atoms with Gasteiger partial charge >= 0.3 is 0 Å². The number of alkyl halides is 1. The molecule has 2 fully saturated rings. The predicted octanol–water partition coefficient (Wildman–Crippen LogP) is 2.89. The van der Waals surface area contributed by atoms with Crippen LogP contribution >= 0.6 is 11.6 Å². The van der Waals surface area contributed by atoms with Crippen LogP contribution in [0.1, 0.15) is 36.7 Å². The van der Waals surface area contributed by atoms with Gasteiger partial charge in [0.25, 0.3) is 0 Å². The Balaban J connectivity index is 1.76. The first-order valence-electron chi connectivity index (χ1n) is 7.40. The molecule has 3 heterocycles. The number of aryl methyl sites for hydroxylation is 1. The Kier molecular flexibility index (Phi) is 2.97. The molecule has 0 radical (unpaired) electrons. The van der Waals surface area contributed by atoms with Gasteiger partial charge in [-0.25, -0.2) is 9.97 Å². The van der Waals surface area contributed by atoms with Gasteiger partial charge in [-0.1, -0.05) is 0 Å². The van der Waals surface area contributed by atoms with Gasteiger partial charge in [-0.3, -0.25) is 4.90 Å². The fraction of sp³-hybridized carbons (Fsp3) is 0.600. The zero-order valence-electron chi connectivity index (χ0n) is 11.7. The maximum absolute atomic E-state index is 6.12. The molecule has 1 saturated carbocycles. The highest BCUT2D eigenvalue weighted by atomic mass is 35.5. The van der Waals surface area contributed by atoms with Crippen molar-refractivity contribution in [3.05, 3.63) is 23.7 Å². The first-order valence-corrected chi connectivity index (χ1v) is 7.94. The maximum atomic E-state index is 6.12. The van der Waals surface area contributed by atoms with Crippen LogP contribution in [0.4, 0.5) is 0 Å². The minimum Gasteiger partial charge on any atom is -0.307 e. The third kappa shape index (κ3) is 1.93. The van der Waals surface area contributed by atoms with E-state index < -0.39 is 0 Å². The summed E-state index contributed by atoms with van der Waals surface area (Å²) in [7, 11) is 0. The molecule has 0 bridgehead atoms. The topological polar surface area (TPSA) is 34.0 Å². The monoisotopic (exact) mass is 290 g/mol. The van der Waals surface area contributed by atoms with Gasteiger partial charge in [0, 0.05) is 25.3 Å². The molecule has 0 amide bonds. The van der Waals surface area contributed by atoms with Gasteiger partial charge in [0.15, 0.2) is 5.65 Å². The second-order valence-electron chi connectivity index (χ2n) is 6.00. The molecule has 0 N–H and O–H groups in total. The average molecular weight is 291 g/mol. The minimum atomic E-state index is 0.454. The van der Waals surface area contributed by atoms with Crippen LogP contribution in [0.3, 0.4) is 0 Å². The van der Waals surface area contributed by atoms with Crippen molar-refractivity contribution in [2.75, 3.05) is 13.1 Å². The van der Waals surface area contributed by atoms with Crippen molar-refractivity contribution in [3.8, 4) is 0 Å². The van der Waals surface area contributed by atoms with E-state index in [1.165, 1.54) is 31.4 Å². The number of pyridine rings is 1. The van der Waals surface area contributed by atoms with Crippen LogP contribution in [0.25, 0.3) is 11.2 Å². The van der Waals surface area contributed by atoms with E-state index in [2.05, 4.69) is 21.4 Å². The molecule has 0 spiro atoms. The number of hydrogen-bond donors (Lipinski definition) is 0. The minimum absolute atomic E-state index is 0.454. The molecular weight excluding hydrogens is 272 g/mol. The number of nitrogens with zero attached hydrogens (tertiary/aromatic N) is 4. The Labute approximate surface area is 123 Å². The zero-order valence-corrected chi connectivity index (χ0v) is 12.5. The average Bonchev–Trinajstić information content (AvgIpc) is 3.06. The van der Waals surface area contributed by atoms with Crippen molar-refractivity contribution in [2.24, 2.45) is 0 Å². The largest absolute Gasteiger partial charge is 0.307 e. The first-order chi connectivity index (χ1) is 9.78. The van der Waals surface area contributed by atoms with Crippen LogP contribution in [0.5, 0.6) is 0 Å². The predicted molar refractivity (Wildman–Crippen MR) is 80.1 cm³/mol. The molecule has 1 unspecified atom stereocenters. The van der Waals surface area contributed by atoms with E-state index in [1.54, 1.807) is 0 Å². The van der Waals surface area contributed by atoms with Gasteiger partial charge in [-0.05, 0) is 37.8 Å². The summed E-state index contributed by atoms with van der Waals surface area (Å²) in [6, 6.07) is 3.33. The number of halogens is 1. The van der Waals surface area contributed by atoms with Crippen molar-refractivity contribution in [3.63, 3.8) is 0 Å². The second-order valence-corrected chi connectivity index (χ2v) is 6.27. The normalized spacial score (nSPS) is 23.8. The lowest BCUT2D eigenvalue weighted by Gasteiger charge is -2.17. The first kappa shape index (κ1) is 12.6. The summed E-state index contributed by atoms with van der Waals surface area (Å²) in [5.74, 6) is 1.42. The molecule has 1 aliphatic heterocycles. The SMILES string of the molecule is Cc1ccnc2c1nc(CCl)n2C1CCN(C2CC2)C1. The van der Waals surface area contributed by atoms with Crippen LogP contribution < -0.4 is 0 Å². The van der Waals surface area contributed by atoms with Gasteiger partial charge in [0.1, 0.15) is 11.3 Å². The highest BCUT2D eigenvalue weighted by molar-refractivity contribution is 6.16. The van der Waals surface area contributed by atoms with E-state index in [0.29, 0.717) is 11.9 Å². The number of rotatable bonds is 3. The maximum Gasteiger partial charge on any atom is 0.160 e. The fourth-order valence-corrected chi connectivity index (χ4v) is 3.57. The van der Waals surface area contributed by atoms with Crippen molar-refractivity contribution in [1.29, 1.82) is 0 Å². The summed E-state index contributed by atoms with van der Waals surface area (Å²) in [6.07, 6.45) is 5.80. The van der Waals surface area contributed by atoms with Gasteiger partial charge in [0.05, 0.1) is 11.9 Å². The summed E-state index contributed by atoms with van der Waals surface area (Å²) in [4.78, 5) is 11.9. The lowest BCUT2D eigenvalue weighted by Crippen LogP contribution is -2.24. The quantitative estimate of drug-likeness (QED) is 0.815. The van der Waals surface area contributed by atoms with E-state index in [9.17, 15) is 0 Å². The lowest BCUT2D eigenvalue weighted by atomic mass is 10.2. The van der Waals surface area contributed by atoms with Gasteiger partial charge < -0.3 is 4.57 Å². The molecule has 20 heavy (non-hydrogen) atoms. The number of aromatic nitrogens is 3. The highest BCUT2D eigenvalue weighted by Crippen LogP contribution is 2.35. The molecule has 5 heteroatoms. The molecule has 1 saturated heterocycles. The van der Waals surface area contributed by atoms with Crippen LogP contribution in [-0.2, 0) is 5.88 Å². The van der Waals surface area contributed by atoms with Crippen molar-refractivity contribution in [2.45, 2.75) is 44.1 Å². The number of fused-ring (bicyclic) bond motifs is 1. The van der Waals surface area contributed by atoms with Crippen molar-refractivity contribution >= 4 is 22.8 Å². The molecule has 4 rings (SSSR count). The van der Waals surface area contributed by atoms with E-state index in [4.69, 9.17) is 16.6 Å². The summed E-state index contributed by atoms with van der Waals surface area (Å²) < 4.78 is 2.29. The number of likely N-dealkylation sites (tertiary alicyclic amines) is 1. The molecule has 0 aromatic carbocycles. The Morgan fingerprint density at radius 1 is 1.30 bits per heavy atom. The van der Waals surface area contributed by atoms with Gasteiger partial charge in [0.2, 0.25) is 0 Å². The molecule has 1 aliphatic carbocycles. The van der Waals surface area contributed by atoms with Crippen LogP contribution in [0.15, 0.2) is 12.3 Å². The van der Waals surface area contributed by atoms with E-state index in [1.807, 2.05) is 12.3 Å². The molecule has 2 aromatic heterocycles. The smallest absolute Gasteiger partial charge is 0.160 e. The van der Waals surface area contributed by atoms with Crippen LogP contribution in [0, 0.1) is 6.92 Å². The fourth-order valence-electron chi connectivity index (χ4n) is 3.38. The van der Waals surface area contributed by atoms with E-state index in [0.717, 1.165) is 29.6 Å². The molecule has 4 nitrogen and oxygen atoms in total. The number of imidazole rings is 1. The zero-order chi connectivity index (χ0) is 13.7. The van der Waals surface area contributed by atoms with E-state index in [-0.39, 0.29) is 0 Å². The summed E-state index contributed by atoms with van der Waals surface area (Å²) in [5.41, 5.74) is 3.19. The molecule has 2 aliphatic rings.